The molecule has 1 spiro atoms. The Labute approximate surface area is 278 Å². The number of esters is 2. The second-order valence-corrected chi connectivity index (χ2v) is 16.8. The van der Waals surface area contributed by atoms with Gasteiger partial charge < -0.3 is 39.4 Å². The number of aliphatic hydroxyl groups is 4. The highest BCUT2D eigenvalue weighted by Crippen LogP contribution is 2.75. The maximum absolute atomic E-state index is 12.2. The molecule has 1 saturated heterocycles. The monoisotopic (exact) mass is 660 g/mol. The molecular formula is C37H56O10. The van der Waals surface area contributed by atoms with Crippen LogP contribution in [-0.4, -0.2) is 88.0 Å². The van der Waals surface area contributed by atoms with E-state index < -0.39 is 54.3 Å². The molecule has 5 aliphatic carbocycles. The Morgan fingerprint density at radius 1 is 0.957 bits per heavy atom. The second-order valence-electron chi connectivity index (χ2n) is 16.8. The van der Waals surface area contributed by atoms with Crippen LogP contribution in [0.1, 0.15) is 93.4 Å². The summed E-state index contributed by atoms with van der Waals surface area (Å²) >= 11 is 0. The topological polar surface area (TPSA) is 152 Å². The van der Waals surface area contributed by atoms with Crippen LogP contribution in [-0.2, 0) is 28.5 Å². The van der Waals surface area contributed by atoms with Crippen molar-refractivity contribution in [3.05, 3.63) is 23.8 Å². The van der Waals surface area contributed by atoms with Crippen molar-refractivity contribution in [1.29, 1.82) is 0 Å². The summed E-state index contributed by atoms with van der Waals surface area (Å²) in [7, 11) is 0. The maximum atomic E-state index is 12.2. The number of carbonyl (C=O) groups is 2. The quantitative estimate of drug-likeness (QED) is 0.195. The van der Waals surface area contributed by atoms with Gasteiger partial charge in [-0.2, -0.15) is 0 Å². The van der Waals surface area contributed by atoms with Gasteiger partial charge in [-0.25, -0.2) is 0 Å². The van der Waals surface area contributed by atoms with Gasteiger partial charge in [0.2, 0.25) is 0 Å². The third-order valence-electron chi connectivity index (χ3n) is 14.3. The summed E-state index contributed by atoms with van der Waals surface area (Å²) in [5.74, 6) is -0.0818. The molecule has 15 atom stereocenters. The molecule has 0 aromatic carbocycles. The minimum absolute atomic E-state index is 0.0896. The molecule has 1 aliphatic heterocycles. The van der Waals surface area contributed by atoms with E-state index in [9.17, 15) is 30.0 Å². The smallest absolute Gasteiger partial charge is 0.302 e. The summed E-state index contributed by atoms with van der Waals surface area (Å²) in [5.41, 5.74) is 1.02. The number of hydrogen-bond donors (Lipinski definition) is 4. The van der Waals surface area contributed by atoms with Crippen LogP contribution in [0.4, 0.5) is 0 Å². The van der Waals surface area contributed by atoms with Crippen molar-refractivity contribution in [3.63, 3.8) is 0 Å². The van der Waals surface area contributed by atoms with Gasteiger partial charge in [-0.05, 0) is 85.0 Å². The Kier molecular flexibility index (Phi) is 8.87. The molecule has 10 nitrogen and oxygen atoms in total. The average Bonchev–Trinajstić information content (AvgIpc) is 3.38. The highest BCUT2D eigenvalue weighted by atomic mass is 16.7. The predicted molar refractivity (Wildman–Crippen MR) is 171 cm³/mol. The Hall–Kier alpha value is -1.82. The molecule has 6 aliphatic rings. The van der Waals surface area contributed by atoms with E-state index in [1.807, 2.05) is 0 Å². The molecule has 0 radical (unpaired) electrons. The van der Waals surface area contributed by atoms with Gasteiger partial charge in [-0.1, -0.05) is 52.8 Å². The fourth-order valence-electron chi connectivity index (χ4n) is 12.0. The van der Waals surface area contributed by atoms with E-state index in [1.165, 1.54) is 19.4 Å². The van der Waals surface area contributed by atoms with Crippen LogP contribution in [0.15, 0.2) is 23.8 Å². The van der Waals surface area contributed by atoms with Gasteiger partial charge in [0.25, 0.3) is 0 Å². The van der Waals surface area contributed by atoms with Crippen molar-refractivity contribution < 1.29 is 49.0 Å². The summed E-state index contributed by atoms with van der Waals surface area (Å²) in [6.07, 6.45) is -0.211. The van der Waals surface area contributed by atoms with E-state index in [2.05, 4.69) is 47.3 Å². The highest BCUT2D eigenvalue weighted by Gasteiger charge is 2.71. The first-order chi connectivity index (χ1) is 21.9. The zero-order chi connectivity index (χ0) is 34.4. The molecular weight excluding hydrogens is 604 g/mol. The van der Waals surface area contributed by atoms with Gasteiger partial charge in [-0.15, -0.1) is 0 Å². The van der Waals surface area contributed by atoms with E-state index in [1.54, 1.807) is 0 Å². The Bertz CT molecular complexity index is 1310. The molecule has 4 N–H and O–H groups in total. The number of allylic oxidation sites excluding steroid dienone is 1. The van der Waals surface area contributed by atoms with Crippen molar-refractivity contribution in [1.82, 2.24) is 0 Å². The lowest BCUT2D eigenvalue weighted by Gasteiger charge is -2.70. The summed E-state index contributed by atoms with van der Waals surface area (Å²) in [4.78, 5) is 23.8. The Balaban J connectivity index is 1.42. The summed E-state index contributed by atoms with van der Waals surface area (Å²) in [5, 5.41) is 44.1. The van der Waals surface area contributed by atoms with Crippen molar-refractivity contribution in [2.75, 3.05) is 6.61 Å². The first-order valence-electron chi connectivity index (χ1n) is 17.6. The van der Waals surface area contributed by atoms with E-state index in [4.69, 9.17) is 18.9 Å². The predicted octanol–water partition coefficient (Wildman–Crippen LogP) is 3.83. The van der Waals surface area contributed by atoms with Gasteiger partial charge in [0.1, 0.15) is 37.1 Å². The first-order valence-corrected chi connectivity index (χ1v) is 17.6. The van der Waals surface area contributed by atoms with Crippen LogP contribution in [0.5, 0.6) is 0 Å². The number of carbonyl (C=O) groups excluding carboxylic acids is 2. The minimum atomic E-state index is -1.57. The molecule has 5 fully saturated rings. The lowest BCUT2D eigenvalue weighted by molar-refractivity contribution is -0.335. The number of hydrogen-bond acceptors (Lipinski definition) is 10. The molecule has 0 amide bonds. The third kappa shape index (κ3) is 5.18. The van der Waals surface area contributed by atoms with Crippen molar-refractivity contribution in [3.8, 4) is 0 Å². The van der Waals surface area contributed by atoms with Crippen LogP contribution >= 0.6 is 0 Å². The third-order valence-corrected chi connectivity index (χ3v) is 14.3. The van der Waals surface area contributed by atoms with E-state index in [0.717, 1.165) is 37.7 Å². The first kappa shape index (κ1) is 35.0. The van der Waals surface area contributed by atoms with Crippen molar-refractivity contribution in [2.24, 2.45) is 45.3 Å². The number of aliphatic hydroxyl groups excluding tert-OH is 4. The Morgan fingerprint density at radius 2 is 1.66 bits per heavy atom. The van der Waals surface area contributed by atoms with Crippen LogP contribution in [0.3, 0.4) is 0 Å². The molecule has 0 aromatic rings. The van der Waals surface area contributed by atoms with Gasteiger partial charge in [0.15, 0.2) is 6.29 Å². The van der Waals surface area contributed by atoms with Gasteiger partial charge in [0.05, 0.1) is 12.2 Å². The fourth-order valence-corrected chi connectivity index (χ4v) is 12.0. The zero-order valence-electron chi connectivity index (χ0n) is 29.1. The number of ether oxygens (including phenoxy) is 4. The number of rotatable bonds is 5. The molecule has 6 rings (SSSR count). The van der Waals surface area contributed by atoms with Crippen molar-refractivity contribution in [2.45, 2.75) is 142 Å². The molecule has 4 saturated carbocycles. The van der Waals surface area contributed by atoms with Gasteiger partial charge in [0, 0.05) is 24.7 Å². The van der Waals surface area contributed by atoms with E-state index >= 15 is 0 Å². The van der Waals surface area contributed by atoms with Crippen LogP contribution in [0, 0.1) is 45.3 Å². The van der Waals surface area contributed by atoms with Crippen LogP contribution in [0.2, 0.25) is 0 Å². The average molecular weight is 661 g/mol. The van der Waals surface area contributed by atoms with Gasteiger partial charge in [-0.3, -0.25) is 9.59 Å². The molecule has 0 unspecified atom stereocenters. The molecule has 0 aromatic heterocycles. The maximum Gasteiger partial charge on any atom is 0.302 e. The second kappa shape index (κ2) is 11.9. The zero-order valence-corrected chi connectivity index (χ0v) is 29.1. The normalized spacial score (nSPS) is 50.3. The van der Waals surface area contributed by atoms with Crippen molar-refractivity contribution >= 4 is 11.9 Å². The van der Waals surface area contributed by atoms with Crippen LogP contribution < -0.4 is 0 Å². The summed E-state index contributed by atoms with van der Waals surface area (Å²) in [6, 6.07) is 0. The lowest BCUT2D eigenvalue weighted by atomic mass is 9.36. The molecule has 264 valence electrons. The lowest BCUT2D eigenvalue weighted by Crippen LogP contribution is -2.68. The standard InChI is InChI=1S/C37H56O10/c1-18-19(2)23(40)16-37-14-11-25-35(7)13-12-28(45-21(4)39)34(5,6)27(35)15-29(36(25,8)26(37)10-9-22(18)37)47-33-32(43)31(42)30(41)24(46-33)17-44-20(3)38/h10,18,22-25,27-33,40-43H,2,9,11-17H2,1,3-8H3/t18-,22-,23-,24+,25+,27-,28+,29+,30+,31-,32+,33-,35+,36+,37+/m0/s1. The Morgan fingerprint density at radius 3 is 2.32 bits per heavy atom. The molecule has 1 heterocycles. The molecule has 0 bridgehead atoms. The number of fused-ring (bicyclic) bond motifs is 4. The fraction of sp³-hybridized carbons (Fsp3) is 0.838. The highest BCUT2D eigenvalue weighted by molar-refractivity contribution is 5.66. The van der Waals surface area contributed by atoms with E-state index in [-0.39, 0.29) is 52.7 Å². The van der Waals surface area contributed by atoms with Gasteiger partial charge >= 0.3 is 11.9 Å². The van der Waals surface area contributed by atoms with Crippen LogP contribution in [0.25, 0.3) is 0 Å². The SMILES string of the molecule is C=C1[C@@H](O)C[C@@]23CC[C@@H]4[C@@]5(C)CC[C@@H](OC(C)=O)C(C)(C)[C@@H]5C[C@@H](O[C@@H]5O[C@H](COC(C)=O)[C@@H](O)[C@H](O)[C@H]5O)[C@@]4(C)C2=CC[C@H]3[C@H]1C. The molecule has 47 heavy (non-hydrogen) atoms. The molecule has 10 heteroatoms. The summed E-state index contributed by atoms with van der Waals surface area (Å²) < 4.78 is 24.1. The summed E-state index contributed by atoms with van der Waals surface area (Å²) in [6.45, 7) is 17.9. The minimum Gasteiger partial charge on any atom is -0.463 e. The van der Waals surface area contributed by atoms with E-state index in [0.29, 0.717) is 18.8 Å². The largest absolute Gasteiger partial charge is 0.463 e.